The lowest BCUT2D eigenvalue weighted by atomic mass is 9.82. The van der Waals surface area contributed by atoms with Gasteiger partial charge in [0.05, 0.1) is 12.2 Å². The zero-order valence-corrected chi connectivity index (χ0v) is 20.2. The highest BCUT2D eigenvalue weighted by Crippen LogP contribution is 2.50. The van der Waals surface area contributed by atoms with Gasteiger partial charge in [0.2, 0.25) is 0 Å². The lowest BCUT2D eigenvalue weighted by Gasteiger charge is -2.28. The molecule has 1 aliphatic rings. The maximum Gasteiger partial charge on any atom is 0.0761 e. The monoisotopic (exact) mass is 449 g/mol. The summed E-state index contributed by atoms with van der Waals surface area (Å²) in [6.45, 7) is 8.14. The molecule has 0 aliphatic heterocycles. The number of hydrogen-bond acceptors (Lipinski definition) is 3. The molecular weight excluding hydrogens is 418 g/mol. The van der Waals surface area contributed by atoms with Crippen molar-refractivity contribution in [1.82, 2.24) is 0 Å². The number of anilines is 3. The molecule has 0 bridgehead atoms. The van der Waals surface area contributed by atoms with Crippen LogP contribution in [-0.4, -0.2) is 10.2 Å². The predicted octanol–water partition coefficient (Wildman–Crippen LogP) is 7.57. The minimum Gasteiger partial charge on any atom is -0.389 e. The number of fused-ring (bicyclic) bond motifs is 3. The number of hydrogen-bond donors (Lipinski definition) is 2. The van der Waals surface area contributed by atoms with Crippen molar-refractivity contribution in [3.05, 3.63) is 113 Å². The molecule has 3 heteroatoms. The minimum absolute atomic E-state index is 0.0834. The highest BCUT2D eigenvalue weighted by atomic mass is 16.3. The van der Waals surface area contributed by atoms with E-state index in [0.717, 1.165) is 28.2 Å². The molecule has 172 valence electrons. The van der Waals surface area contributed by atoms with E-state index in [9.17, 15) is 10.2 Å². The van der Waals surface area contributed by atoms with Crippen LogP contribution in [-0.2, 0) is 5.41 Å². The summed E-state index contributed by atoms with van der Waals surface area (Å²) in [7, 11) is 0. The van der Waals surface area contributed by atoms with Gasteiger partial charge in [-0.25, -0.2) is 0 Å². The molecule has 0 saturated heterocycles. The summed E-state index contributed by atoms with van der Waals surface area (Å²) >= 11 is 0. The van der Waals surface area contributed by atoms with Crippen LogP contribution in [0.3, 0.4) is 0 Å². The highest BCUT2D eigenvalue weighted by molar-refractivity contribution is 5.85. The third-order valence-corrected chi connectivity index (χ3v) is 7.09. The van der Waals surface area contributed by atoms with Crippen molar-refractivity contribution in [3.63, 3.8) is 0 Å². The van der Waals surface area contributed by atoms with Gasteiger partial charge in [0.15, 0.2) is 0 Å². The first-order valence-electron chi connectivity index (χ1n) is 11.9. The Morgan fingerprint density at radius 3 is 1.59 bits per heavy atom. The summed E-state index contributed by atoms with van der Waals surface area (Å²) in [6, 6.07) is 31.5. The van der Waals surface area contributed by atoms with Crippen LogP contribution in [0.4, 0.5) is 17.1 Å². The van der Waals surface area contributed by atoms with Gasteiger partial charge in [-0.15, -0.1) is 0 Å². The van der Waals surface area contributed by atoms with Crippen LogP contribution in [0, 0.1) is 0 Å². The van der Waals surface area contributed by atoms with Gasteiger partial charge < -0.3 is 15.1 Å². The number of nitrogens with zero attached hydrogens (tertiary/aromatic N) is 1. The van der Waals surface area contributed by atoms with Crippen LogP contribution >= 0.6 is 0 Å². The van der Waals surface area contributed by atoms with Gasteiger partial charge in [0.25, 0.3) is 0 Å². The maximum atomic E-state index is 9.98. The lowest BCUT2D eigenvalue weighted by Crippen LogP contribution is -2.16. The van der Waals surface area contributed by atoms with E-state index < -0.39 is 12.2 Å². The molecule has 0 radical (unpaired) electrons. The quantitative estimate of drug-likeness (QED) is 0.330. The number of benzene rings is 4. The van der Waals surface area contributed by atoms with Crippen LogP contribution in [0.2, 0.25) is 0 Å². The van der Waals surface area contributed by atoms with E-state index in [0.29, 0.717) is 0 Å². The molecule has 34 heavy (non-hydrogen) atoms. The first kappa shape index (κ1) is 22.4. The average Bonchev–Trinajstić information content (AvgIpc) is 3.07. The Balaban J connectivity index is 1.65. The van der Waals surface area contributed by atoms with Crippen molar-refractivity contribution in [2.45, 2.75) is 45.3 Å². The zero-order chi connectivity index (χ0) is 24.0. The van der Waals surface area contributed by atoms with Gasteiger partial charge >= 0.3 is 0 Å². The van der Waals surface area contributed by atoms with Crippen molar-refractivity contribution >= 4 is 17.1 Å². The standard InChI is InChI=1S/C31H31NO2/c1-20(33)22-9-13-24(14-10-22)32(25-15-11-23(12-16-25)21(2)34)26-17-18-28-27-7-5-6-8-29(27)31(3,4)30(28)19-26/h5-21,33-34H,1-4H3. The molecule has 1 aliphatic carbocycles. The second-order valence-electron chi connectivity index (χ2n) is 9.77. The van der Waals surface area contributed by atoms with Crippen molar-refractivity contribution < 1.29 is 10.2 Å². The Hall–Kier alpha value is -3.40. The Bertz CT molecular complexity index is 1270. The Morgan fingerprint density at radius 1 is 0.588 bits per heavy atom. The molecule has 0 fully saturated rings. The molecule has 2 atom stereocenters. The summed E-state index contributed by atoms with van der Waals surface area (Å²) in [5.74, 6) is 0. The smallest absolute Gasteiger partial charge is 0.0761 e. The molecule has 2 unspecified atom stereocenters. The number of aliphatic hydroxyl groups is 2. The molecule has 3 nitrogen and oxygen atoms in total. The van der Waals surface area contributed by atoms with Crippen LogP contribution in [0.25, 0.3) is 11.1 Å². The molecule has 2 N–H and O–H groups in total. The molecule has 0 aromatic heterocycles. The van der Waals surface area contributed by atoms with E-state index in [4.69, 9.17) is 0 Å². The highest BCUT2D eigenvalue weighted by Gasteiger charge is 2.35. The van der Waals surface area contributed by atoms with Gasteiger partial charge in [-0.2, -0.15) is 0 Å². The molecule has 0 saturated carbocycles. The van der Waals surface area contributed by atoms with Gasteiger partial charge in [-0.3, -0.25) is 0 Å². The Morgan fingerprint density at radius 2 is 1.06 bits per heavy atom. The fourth-order valence-corrected chi connectivity index (χ4v) is 5.08. The van der Waals surface area contributed by atoms with Gasteiger partial charge in [-0.05, 0) is 83.6 Å². The first-order valence-corrected chi connectivity index (χ1v) is 11.9. The number of rotatable bonds is 5. The third kappa shape index (κ3) is 3.71. The van der Waals surface area contributed by atoms with Crippen molar-refractivity contribution in [2.75, 3.05) is 4.90 Å². The summed E-state index contributed by atoms with van der Waals surface area (Å²) in [5, 5.41) is 20.0. The molecule has 4 aromatic carbocycles. The van der Waals surface area contributed by atoms with E-state index in [1.165, 1.54) is 22.3 Å². The fourth-order valence-electron chi connectivity index (χ4n) is 5.08. The van der Waals surface area contributed by atoms with Gasteiger partial charge in [0.1, 0.15) is 0 Å². The lowest BCUT2D eigenvalue weighted by molar-refractivity contribution is 0.199. The molecule has 5 rings (SSSR count). The Kier molecular flexibility index (Phi) is 5.55. The molecule has 0 spiro atoms. The first-order chi connectivity index (χ1) is 16.3. The minimum atomic E-state index is -0.507. The number of aliphatic hydroxyl groups excluding tert-OH is 2. The van der Waals surface area contributed by atoms with E-state index in [1.807, 2.05) is 24.3 Å². The predicted molar refractivity (Wildman–Crippen MR) is 140 cm³/mol. The van der Waals surface area contributed by atoms with Crippen LogP contribution < -0.4 is 4.90 Å². The zero-order valence-electron chi connectivity index (χ0n) is 20.2. The molecule has 0 amide bonds. The summed E-state index contributed by atoms with van der Waals surface area (Å²) in [4.78, 5) is 2.23. The van der Waals surface area contributed by atoms with Crippen LogP contribution in [0.15, 0.2) is 91.0 Å². The maximum absolute atomic E-state index is 9.98. The summed E-state index contributed by atoms with van der Waals surface area (Å²) in [6.07, 6.45) is -1.01. The topological polar surface area (TPSA) is 43.7 Å². The van der Waals surface area contributed by atoms with Gasteiger partial charge in [0, 0.05) is 22.5 Å². The molecule has 4 aromatic rings. The third-order valence-electron chi connectivity index (χ3n) is 7.09. The second kappa shape index (κ2) is 8.43. The largest absolute Gasteiger partial charge is 0.389 e. The molecular formula is C31H31NO2. The van der Waals surface area contributed by atoms with Gasteiger partial charge in [-0.1, -0.05) is 68.4 Å². The summed E-state index contributed by atoms with van der Waals surface area (Å²) in [5.41, 5.74) is 10.1. The van der Waals surface area contributed by atoms with Crippen molar-refractivity contribution in [3.8, 4) is 11.1 Å². The van der Waals surface area contributed by atoms with Crippen molar-refractivity contribution in [2.24, 2.45) is 0 Å². The van der Waals surface area contributed by atoms with Crippen LogP contribution in [0.5, 0.6) is 0 Å². The van der Waals surface area contributed by atoms with E-state index in [2.05, 4.69) is 85.5 Å². The van der Waals surface area contributed by atoms with E-state index in [-0.39, 0.29) is 5.41 Å². The average molecular weight is 450 g/mol. The van der Waals surface area contributed by atoms with Crippen molar-refractivity contribution in [1.29, 1.82) is 0 Å². The molecule has 0 heterocycles. The summed E-state index contributed by atoms with van der Waals surface area (Å²) < 4.78 is 0. The normalized spacial score (nSPS) is 15.4. The fraction of sp³-hybridized carbons (Fsp3) is 0.226. The second-order valence-corrected chi connectivity index (χ2v) is 9.77. The van der Waals surface area contributed by atoms with Crippen LogP contribution in [0.1, 0.15) is 62.2 Å². The Labute approximate surface area is 201 Å². The SMILES string of the molecule is CC(O)c1ccc(N(c2ccc(C(C)O)cc2)c2ccc3c(c2)C(C)(C)c2ccccc2-3)cc1. The van der Waals surface area contributed by atoms with E-state index >= 15 is 0 Å². The van der Waals surface area contributed by atoms with E-state index in [1.54, 1.807) is 13.8 Å².